The Morgan fingerprint density at radius 3 is 2.70 bits per heavy atom. The molecule has 1 N–H and O–H groups in total. The van der Waals surface area contributed by atoms with Gasteiger partial charge in [0, 0.05) is 17.6 Å². The predicted octanol–water partition coefficient (Wildman–Crippen LogP) is 3.69. The van der Waals surface area contributed by atoms with Gasteiger partial charge in [-0.3, -0.25) is 0 Å². The summed E-state index contributed by atoms with van der Waals surface area (Å²) in [4.78, 5) is 0. The van der Waals surface area contributed by atoms with Crippen molar-refractivity contribution in [2.75, 3.05) is 26.4 Å². The molecule has 1 aromatic carbocycles. The van der Waals surface area contributed by atoms with E-state index in [1.807, 2.05) is 18.2 Å². The summed E-state index contributed by atoms with van der Waals surface area (Å²) in [5.41, 5.74) is 1.11. The summed E-state index contributed by atoms with van der Waals surface area (Å²) in [5, 5.41) is 4.18. The summed E-state index contributed by atoms with van der Waals surface area (Å²) in [6.45, 7) is 9.20. The van der Waals surface area contributed by atoms with Crippen LogP contribution in [0.1, 0.15) is 32.8 Å². The van der Waals surface area contributed by atoms with Gasteiger partial charge in [-0.05, 0) is 43.5 Å². The molecule has 20 heavy (non-hydrogen) atoms. The average molecular weight is 300 g/mol. The molecule has 1 atom stereocenters. The first-order valence-corrected chi connectivity index (χ1v) is 7.77. The second-order valence-electron chi connectivity index (χ2n) is 4.83. The Hall–Kier alpha value is -0.770. The molecule has 0 bridgehead atoms. The van der Waals surface area contributed by atoms with Crippen molar-refractivity contribution in [3.8, 4) is 5.75 Å². The Morgan fingerprint density at radius 2 is 2.00 bits per heavy atom. The van der Waals surface area contributed by atoms with Crippen LogP contribution < -0.4 is 10.1 Å². The Kier molecular flexibility index (Phi) is 8.67. The van der Waals surface area contributed by atoms with E-state index in [2.05, 4.69) is 26.1 Å². The van der Waals surface area contributed by atoms with Crippen molar-refractivity contribution in [1.29, 1.82) is 0 Å². The number of hydrogen-bond donors (Lipinski definition) is 1. The van der Waals surface area contributed by atoms with Gasteiger partial charge >= 0.3 is 0 Å². The average Bonchev–Trinajstić information content (AvgIpc) is 2.47. The van der Waals surface area contributed by atoms with E-state index in [4.69, 9.17) is 21.1 Å². The molecule has 4 heteroatoms. The second kappa shape index (κ2) is 10.0. The van der Waals surface area contributed by atoms with Gasteiger partial charge in [0.2, 0.25) is 0 Å². The molecule has 0 aliphatic carbocycles. The Bertz CT molecular complexity index is 385. The molecule has 114 valence electrons. The van der Waals surface area contributed by atoms with Gasteiger partial charge in [0.1, 0.15) is 12.4 Å². The third kappa shape index (κ3) is 6.60. The van der Waals surface area contributed by atoms with Gasteiger partial charge in [-0.25, -0.2) is 0 Å². The van der Waals surface area contributed by atoms with Crippen molar-refractivity contribution < 1.29 is 9.47 Å². The Labute approximate surface area is 127 Å². The van der Waals surface area contributed by atoms with Gasteiger partial charge in [-0.15, -0.1) is 0 Å². The molecular formula is C16H26ClNO2. The van der Waals surface area contributed by atoms with Gasteiger partial charge in [-0.2, -0.15) is 0 Å². The van der Waals surface area contributed by atoms with Crippen LogP contribution in [-0.2, 0) is 11.2 Å². The van der Waals surface area contributed by atoms with E-state index in [1.54, 1.807) is 0 Å². The zero-order valence-corrected chi connectivity index (χ0v) is 13.5. The standard InChI is InChI=1S/C16H26ClNO2/c1-4-13(3)18-8-9-19-10-11-20-15-6-7-16(17)14(5-2)12-15/h6-7,12-13,18H,4-5,8-11H2,1-3H3/t13-/m1/s1. The summed E-state index contributed by atoms with van der Waals surface area (Å²) in [6.07, 6.45) is 2.05. The number of nitrogens with one attached hydrogen (secondary N) is 1. The molecule has 0 aliphatic rings. The van der Waals surface area contributed by atoms with Gasteiger partial charge in [0.25, 0.3) is 0 Å². The molecule has 0 saturated carbocycles. The first kappa shape index (κ1) is 17.3. The summed E-state index contributed by atoms with van der Waals surface area (Å²) < 4.78 is 11.2. The highest BCUT2D eigenvalue weighted by Crippen LogP contribution is 2.22. The highest BCUT2D eigenvalue weighted by molar-refractivity contribution is 6.31. The van der Waals surface area contributed by atoms with Crippen molar-refractivity contribution >= 4 is 11.6 Å². The molecule has 0 saturated heterocycles. The van der Waals surface area contributed by atoms with E-state index in [0.29, 0.717) is 25.9 Å². The van der Waals surface area contributed by atoms with Crippen LogP contribution in [0.5, 0.6) is 5.75 Å². The van der Waals surface area contributed by atoms with Crippen LogP contribution in [0.15, 0.2) is 18.2 Å². The molecule has 1 rings (SSSR count). The molecule has 0 aromatic heterocycles. The van der Waals surface area contributed by atoms with Crippen molar-refractivity contribution in [3.05, 3.63) is 28.8 Å². The number of aryl methyl sites for hydroxylation is 1. The SMILES string of the molecule is CCc1cc(OCCOCCN[C@H](C)CC)ccc1Cl. The van der Waals surface area contributed by atoms with E-state index in [0.717, 1.165) is 35.7 Å². The first-order chi connectivity index (χ1) is 9.67. The van der Waals surface area contributed by atoms with Crippen LogP contribution in [0.4, 0.5) is 0 Å². The summed E-state index contributed by atoms with van der Waals surface area (Å²) in [7, 11) is 0. The van der Waals surface area contributed by atoms with Gasteiger partial charge in [0.15, 0.2) is 0 Å². The summed E-state index contributed by atoms with van der Waals surface area (Å²) in [5.74, 6) is 0.854. The molecule has 0 unspecified atom stereocenters. The van der Waals surface area contributed by atoms with Gasteiger partial charge in [0.05, 0.1) is 13.2 Å². The minimum Gasteiger partial charge on any atom is -0.491 e. The van der Waals surface area contributed by atoms with Crippen molar-refractivity contribution in [2.24, 2.45) is 0 Å². The van der Waals surface area contributed by atoms with Crippen molar-refractivity contribution in [1.82, 2.24) is 5.32 Å². The smallest absolute Gasteiger partial charge is 0.119 e. The maximum absolute atomic E-state index is 6.07. The van der Waals surface area contributed by atoms with E-state index >= 15 is 0 Å². The summed E-state index contributed by atoms with van der Waals surface area (Å²) >= 11 is 6.07. The lowest BCUT2D eigenvalue weighted by Crippen LogP contribution is -2.29. The van der Waals surface area contributed by atoms with Crippen molar-refractivity contribution in [2.45, 2.75) is 39.7 Å². The largest absolute Gasteiger partial charge is 0.491 e. The molecule has 0 amide bonds. The normalized spacial score (nSPS) is 12.4. The second-order valence-corrected chi connectivity index (χ2v) is 5.24. The molecule has 0 fully saturated rings. The number of ether oxygens (including phenoxy) is 2. The zero-order valence-electron chi connectivity index (χ0n) is 12.7. The van der Waals surface area contributed by atoms with Gasteiger partial charge in [-0.1, -0.05) is 25.4 Å². The lowest BCUT2D eigenvalue weighted by atomic mass is 10.1. The molecule has 0 aliphatic heterocycles. The van der Waals surface area contributed by atoms with Crippen LogP contribution in [0.25, 0.3) is 0 Å². The third-order valence-corrected chi connectivity index (χ3v) is 3.61. The van der Waals surface area contributed by atoms with Crippen LogP contribution in [0.3, 0.4) is 0 Å². The number of benzene rings is 1. The van der Waals surface area contributed by atoms with Crippen LogP contribution >= 0.6 is 11.6 Å². The number of halogens is 1. The fraction of sp³-hybridized carbons (Fsp3) is 0.625. The predicted molar refractivity (Wildman–Crippen MR) is 84.9 cm³/mol. The molecular weight excluding hydrogens is 274 g/mol. The highest BCUT2D eigenvalue weighted by Gasteiger charge is 2.01. The fourth-order valence-corrected chi connectivity index (χ4v) is 2.01. The van der Waals surface area contributed by atoms with E-state index in [-0.39, 0.29) is 0 Å². The van der Waals surface area contributed by atoms with E-state index < -0.39 is 0 Å². The van der Waals surface area contributed by atoms with E-state index in [9.17, 15) is 0 Å². The van der Waals surface area contributed by atoms with Gasteiger partial charge < -0.3 is 14.8 Å². The molecule has 0 spiro atoms. The fourth-order valence-electron chi connectivity index (χ4n) is 1.75. The molecule has 0 heterocycles. The van der Waals surface area contributed by atoms with Crippen molar-refractivity contribution in [3.63, 3.8) is 0 Å². The Balaban J connectivity index is 2.12. The number of rotatable bonds is 10. The minimum absolute atomic E-state index is 0.552. The topological polar surface area (TPSA) is 30.5 Å². The molecule has 3 nitrogen and oxygen atoms in total. The monoisotopic (exact) mass is 299 g/mol. The maximum Gasteiger partial charge on any atom is 0.119 e. The maximum atomic E-state index is 6.07. The lowest BCUT2D eigenvalue weighted by Gasteiger charge is -2.12. The number of hydrogen-bond acceptors (Lipinski definition) is 3. The zero-order chi connectivity index (χ0) is 14.8. The molecule has 1 aromatic rings. The minimum atomic E-state index is 0.552. The van der Waals surface area contributed by atoms with Crippen LogP contribution in [0.2, 0.25) is 5.02 Å². The summed E-state index contributed by atoms with van der Waals surface area (Å²) in [6, 6.07) is 6.32. The molecule has 0 radical (unpaired) electrons. The third-order valence-electron chi connectivity index (χ3n) is 3.25. The quantitative estimate of drug-likeness (QED) is 0.669. The van der Waals surface area contributed by atoms with Crippen LogP contribution in [-0.4, -0.2) is 32.4 Å². The lowest BCUT2D eigenvalue weighted by molar-refractivity contribution is 0.100. The van der Waals surface area contributed by atoms with E-state index in [1.165, 1.54) is 0 Å². The Morgan fingerprint density at radius 1 is 1.20 bits per heavy atom. The highest BCUT2D eigenvalue weighted by atomic mass is 35.5. The first-order valence-electron chi connectivity index (χ1n) is 7.39. The van der Waals surface area contributed by atoms with Crippen LogP contribution in [0, 0.1) is 0 Å².